The van der Waals surface area contributed by atoms with Gasteiger partial charge in [-0.2, -0.15) is 9.97 Å². The number of phenolic OH excluding ortho intramolecular Hbond substituents is 1. The molecule has 0 aliphatic carbocycles. The van der Waals surface area contributed by atoms with Crippen LogP contribution >= 0.6 is 11.3 Å². The van der Waals surface area contributed by atoms with Crippen LogP contribution in [0.15, 0.2) is 60.2 Å². The molecular weight excluding hydrogens is 1020 g/mol. The smallest absolute Gasteiger partial charge is 0.319 e. The van der Waals surface area contributed by atoms with Crippen molar-refractivity contribution in [3.05, 3.63) is 88.7 Å². The lowest BCUT2D eigenvalue weighted by molar-refractivity contribution is -0.144. The Balaban J connectivity index is 0.707. The first-order valence-corrected chi connectivity index (χ1v) is 27.8. The number of phenols is 1. The lowest BCUT2D eigenvalue weighted by atomic mass is 9.85. The number of halogens is 2. The number of aliphatic hydroxyl groups excluding tert-OH is 1. The zero-order valence-corrected chi connectivity index (χ0v) is 45.3. The summed E-state index contributed by atoms with van der Waals surface area (Å²) in [6, 6.07) is 12.2. The number of ether oxygens (including phenoxy) is 1. The van der Waals surface area contributed by atoms with E-state index in [4.69, 9.17) is 16.1 Å². The highest BCUT2D eigenvalue weighted by Gasteiger charge is 2.44. The van der Waals surface area contributed by atoms with Gasteiger partial charge in [-0.25, -0.2) is 13.8 Å². The maximum atomic E-state index is 17.0. The summed E-state index contributed by atoms with van der Waals surface area (Å²) in [5, 5.41) is 32.0. The van der Waals surface area contributed by atoms with E-state index in [9.17, 15) is 24.6 Å². The van der Waals surface area contributed by atoms with Crippen LogP contribution in [0, 0.1) is 36.3 Å². The molecule has 4 aliphatic rings. The molecule has 2 unspecified atom stereocenters. The molecule has 0 saturated carbocycles. The molecule has 5 N–H and O–H groups in total. The van der Waals surface area contributed by atoms with Crippen LogP contribution in [-0.2, 0) is 20.9 Å². The normalized spacial score (nSPS) is 20.3. The molecule has 3 aromatic carbocycles. The van der Waals surface area contributed by atoms with Crippen molar-refractivity contribution in [3.8, 4) is 45.8 Å². The van der Waals surface area contributed by atoms with Gasteiger partial charge in [0, 0.05) is 101 Å². The molecule has 4 aliphatic heterocycles. The van der Waals surface area contributed by atoms with Crippen LogP contribution in [0.2, 0.25) is 0 Å². The van der Waals surface area contributed by atoms with Gasteiger partial charge in [0.2, 0.25) is 17.7 Å². The number of aromatic hydroxyl groups is 1. The van der Waals surface area contributed by atoms with Gasteiger partial charge in [0.05, 0.1) is 39.7 Å². The van der Waals surface area contributed by atoms with Crippen LogP contribution in [0.25, 0.3) is 43.4 Å². The first-order chi connectivity index (χ1) is 37.5. The third kappa shape index (κ3) is 11.9. The molecule has 3 aromatic heterocycles. The number of nitrogens with zero attached hydrogens (tertiary/aromatic N) is 8. The number of aliphatic hydroxyl groups is 1. The van der Waals surface area contributed by atoms with Crippen LogP contribution in [-0.4, -0.2) is 158 Å². The molecule has 7 heterocycles. The largest absolute Gasteiger partial charge is 0.508 e. The fourth-order valence-corrected chi connectivity index (χ4v) is 12.2. The number of nitrogens with one attached hydrogen (secondary N) is 3. The quantitative estimate of drug-likeness (QED) is 0.0514. The molecule has 4 fully saturated rings. The van der Waals surface area contributed by atoms with Gasteiger partial charge in [-0.05, 0) is 79.3 Å². The van der Waals surface area contributed by atoms with Gasteiger partial charge < -0.3 is 50.5 Å². The second-order valence-electron chi connectivity index (χ2n) is 22.1. The molecular formula is C58H67F2N11O6S. The van der Waals surface area contributed by atoms with Crippen LogP contribution in [0.4, 0.5) is 14.6 Å². The molecule has 20 heteroatoms. The second-order valence-corrected chi connectivity index (χ2v) is 23.0. The van der Waals surface area contributed by atoms with Crippen LogP contribution in [0.5, 0.6) is 11.8 Å². The van der Waals surface area contributed by atoms with Crippen molar-refractivity contribution in [2.45, 2.75) is 103 Å². The predicted octanol–water partition coefficient (Wildman–Crippen LogP) is 6.16. The molecule has 3 amide bonds. The van der Waals surface area contributed by atoms with Gasteiger partial charge in [0.1, 0.15) is 40.7 Å². The first-order valence-electron chi connectivity index (χ1n) is 26.9. The van der Waals surface area contributed by atoms with E-state index in [0.29, 0.717) is 49.1 Å². The van der Waals surface area contributed by atoms with Crippen molar-refractivity contribution in [2.24, 2.45) is 5.41 Å². The van der Waals surface area contributed by atoms with Gasteiger partial charge in [-0.3, -0.25) is 19.4 Å². The Bertz CT molecular complexity index is 3240. The Kier molecular flexibility index (Phi) is 16.2. The number of anilines is 1. The molecule has 17 nitrogen and oxygen atoms in total. The number of aromatic nitrogens is 4. The van der Waals surface area contributed by atoms with Crippen LogP contribution in [0.1, 0.15) is 76.1 Å². The van der Waals surface area contributed by atoms with Crippen molar-refractivity contribution >= 4 is 56.6 Å². The van der Waals surface area contributed by atoms with Gasteiger partial charge in [0.15, 0.2) is 5.82 Å². The van der Waals surface area contributed by atoms with Crippen molar-refractivity contribution < 1.29 is 38.1 Å². The number of carbonyl (C=O) groups is 3. The summed E-state index contributed by atoms with van der Waals surface area (Å²) < 4.78 is 38.2. The number of aryl methyl sites for hydroxylation is 1. The fraction of sp³-hybridized carbons (Fsp3) is 0.466. The molecule has 410 valence electrons. The van der Waals surface area contributed by atoms with Crippen molar-refractivity contribution in [1.29, 1.82) is 0 Å². The van der Waals surface area contributed by atoms with Crippen molar-refractivity contribution in [3.63, 3.8) is 0 Å². The van der Waals surface area contributed by atoms with E-state index in [1.54, 1.807) is 11.3 Å². The SMILES string of the molecule is C#Cc1c(F)ccc2cc(O)cc(-c3ncc4c(N5CC6CCC(C5)N6)nc(OCCCN5CCN(CCCC(=O)N[C@H](C(=O)N6C[C@H](O)C[C@H]6C(=O)NCc6ccc(-c7scnc7C)cc6)C(C)(C)C)CC5)nc4c3F)c12. The zero-order chi connectivity index (χ0) is 54.8. The Morgan fingerprint density at radius 2 is 1.68 bits per heavy atom. The fourth-order valence-electron chi connectivity index (χ4n) is 11.4. The molecule has 2 bridgehead atoms. The van der Waals surface area contributed by atoms with E-state index in [-0.39, 0.29) is 95.9 Å². The van der Waals surface area contributed by atoms with Crippen LogP contribution in [0.3, 0.4) is 0 Å². The monoisotopic (exact) mass is 1080 g/mol. The summed E-state index contributed by atoms with van der Waals surface area (Å²) in [6.07, 6.45) is 10.0. The number of amides is 3. The third-order valence-corrected chi connectivity index (χ3v) is 16.5. The number of carbonyl (C=O) groups excluding carboxylic acids is 3. The first kappa shape index (κ1) is 54.5. The summed E-state index contributed by atoms with van der Waals surface area (Å²) >= 11 is 1.57. The highest BCUT2D eigenvalue weighted by molar-refractivity contribution is 7.13. The molecule has 4 saturated heterocycles. The minimum Gasteiger partial charge on any atom is -0.508 e. The number of β-amino-alcohol motifs (C(OH)–C–C–N with tert-alkyl or cyclic N) is 1. The van der Waals surface area contributed by atoms with Crippen molar-refractivity contribution in [2.75, 3.05) is 70.4 Å². The molecule has 6 aromatic rings. The maximum absolute atomic E-state index is 17.0. The number of hydrogen-bond donors (Lipinski definition) is 5. The average molecular weight is 1080 g/mol. The molecule has 78 heavy (non-hydrogen) atoms. The summed E-state index contributed by atoms with van der Waals surface area (Å²) in [5.41, 5.74) is 3.99. The van der Waals surface area contributed by atoms with E-state index in [1.807, 2.05) is 57.5 Å². The van der Waals surface area contributed by atoms with E-state index in [0.717, 1.165) is 67.3 Å². The number of piperazine rings is 2. The van der Waals surface area contributed by atoms with Gasteiger partial charge in [-0.1, -0.05) is 57.0 Å². The Labute approximate surface area is 456 Å². The number of thiazole rings is 1. The Morgan fingerprint density at radius 1 is 0.962 bits per heavy atom. The maximum Gasteiger partial charge on any atom is 0.319 e. The number of likely N-dealkylation sites (tertiary alicyclic amines) is 1. The van der Waals surface area contributed by atoms with E-state index >= 15 is 8.78 Å². The Hall–Kier alpha value is -6.89. The highest BCUT2D eigenvalue weighted by Crippen LogP contribution is 2.40. The Morgan fingerprint density at radius 3 is 2.36 bits per heavy atom. The third-order valence-electron chi connectivity index (χ3n) is 15.5. The zero-order valence-electron chi connectivity index (χ0n) is 44.5. The number of hydrogen-bond acceptors (Lipinski definition) is 15. The molecule has 0 spiro atoms. The topological polar surface area (TPSA) is 202 Å². The van der Waals surface area contributed by atoms with Gasteiger partial charge >= 0.3 is 6.01 Å². The number of fused-ring (bicyclic) bond motifs is 4. The lowest BCUT2D eigenvalue weighted by Crippen LogP contribution is -2.57. The second kappa shape index (κ2) is 23.2. The van der Waals surface area contributed by atoms with E-state index in [1.165, 1.54) is 35.4 Å². The minimum absolute atomic E-state index is 0.00135. The lowest BCUT2D eigenvalue weighted by Gasteiger charge is -2.36. The summed E-state index contributed by atoms with van der Waals surface area (Å²) in [6.45, 7) is 14.2. The average Bonchev–Trinajstić information content (AvgIpc) is 4.27. The standard InChI is InChI=1S/C58H67F2N11O6S/c1-6-42-45(59)17-14-37-25-40(72)26-43(48(37)42)50-49(60)51-44(29-61-50)54(70-30-38-15-16-39(31-70)64-38)67-57(66-51)77-24-8-19-69-22-20-68(21-23-69)18-7-9-47(74)65-53(58(3,4)5)56(76)71-32-41(73)27-46(71)55(75)62-28-35-10-12-36(13-11-35)52-34(2)63-33-78-52/h1,10-14,17,25-26,29,33,38-39,41,46,53,64,72-73H,7-9,15-16,18-24,27-28,30-32H2,2-5H3,(H,62,75)(H,65,74)/t38?,39?,41-,46+,53-/m1/s1. The number of terminal acetylenes is 1. The molecule has 5 atom stereocenters. The molecule has 0 radical (unpaired) electrons. The van der Waals surface area contributed by atoms with Gasteiger partial charge in [-0.15, -0.1) is 17.8 Å². The number of pyridine rings is 1. The van der Waals surface area contributed by atoms with Crippen LogP contribution < -0.4 is 25.6 Å². The highest BCUT2D eigenvalue weighted by atomic mass is 32.1. The van der Waals surface area contributed by atoms with E-state index < -0.39 is 41.1 Å². The summed E-state index contributed by atoms with van der Waals surface area (Å²) in [7, 11) is 0. The van der Waals surface area contributed by atoms with E-state index in [2.05, 4.69) is 51.5 Å². The summed E-state index contributed by atoms with van der Waals surface area (Å²) in [4.78, 5) is 68.8. The molecule has 10 rings (SSSR count). The van der Waals surface area contributed by atoms with Gasteiger partial charge in [0.25, 0.3) is 0 Å². The minimum atomic E-state index is -0.905. The van der Waals surface area contributed by atoms with Crippen molar-refractivity contribution in [1.82, 2.24) is 50.6 Å². The summed E-state index contributed by atoms with van der Waals surface area (Å²) in [5.74, 6) is 0.342. The number of benzene rings is 3. The number of rotatable bonds is 17. The predicted molar refractivity (Wildman–Crippen MR) is 296 cm³/mol.